The van der Waals surface area contributed by atoms with E-state index in [9.17, 15) is 10.2 Å². The fraction of sp³-hybridized carbons (Fsp3) is 0.750. The van der Waals surface area contributed by atoms with Gasteiger partial charge in [0.15, 0.2) is 0 Å². The molecule has 0 spiro atoms. The predicted octanol–water partition coefficient (Wildman–Crippen LogP) is 0.838. The largest absolute Gasteiger partial charge is 0.390 e. The normalized spacial score (nSPS) is 40.1. The van der Waals surface area contributed by atoms with E-state index >= 15 is 0 Å². The SMILES string of the molecule is C=C(C)C1(O)CCCC1O. The van der Waals surface area contributed by atoms with Crippen LogP contribution < -0.4 is 0 Å². The van der Waals surface area contributed by atoms with Crippen molar-refractivity contribution in [3.63, 3.8) is 0 Å². The zero-order chi connectivity index (χ0) is 7.78. The van der Waals surface area contributed by atoms with Gasteiger partial charge in [-0.1, -0.05) is 6.58 Å². The Labute approximate surface area is 61.2 Å². The highest BCUT2D eigenvalue weighted by Gasteiger charge is 2.40. The third-order valence-corrected chi connectivity index (χ3v) is 2.33. The summed E-state index contributed by atoms with van der Waals surface area (Å²) < 4.78 is 0. The van der Waals surface area contributed by atoms with Gasteiger partial charge in [-0.25, -0.2) is 0 Å². The Morgan fingerprint density at radius 3 is 2.50 bits per heavy atom. The van der Waals surface area contributed by atoms with Crippen LogP contribution in [0.2, 0.25) is 0 Å². The Bertz CT molecular complexity index is 153. The molecule has 0 saturated heterocycles. The maximum absolute atomic E-state index is 9.69. The summed E-state index contributed by atoms with van der Waals surface area (Å²) in [6, 6.07) is 0. The van der Waals surface area contributed by atoms with Gasteiger partial charge < -0.3 is 10.2 Å². The maximum Gasteiger partial charge on any atom is 0.111 e. The Hall–Kier alpha value is -0.340. The zero-order valence-corrected chi connectivity index (χ0v) is 6.30. The van der Waals surface area contributed by atoms with Crippen molar-refractivity contribution in [2.24, 2.45) is 0 Å². The van der Waals surface area contributed by atoms with Crippen LogP contribution in [0, 0.1) is 0 Å². The van der Waals surface area contributed by atoms with Gasteiger partial charge in [0.1, 0.15) is 5.60 Å². The van der Waals surface area contributed by atoms with E-state index in [0.29, 0.717) is 18.4 Å². The summed E-state index contributed by atoms with van der Waals surface area (Å²) in [4.78, 5) is 0. The lowest BCUT2D eigenvalue weighted by Crippen LogP contribution is -2.37. The van der Waals surface area contributed by atoms with E-state index in [4.69, 9.17) is 0 Å². The Kier molecular flexibility index (Phi) is 1.84. The first-order valence-electron chi connectivity index (χ1n) is 3.64. The van der Waals surface area contributed by atoms with E-state index in [1.165, 1.54) is 0 Å². The first kappa shape index (κ1) is 7.76. The van der Waals surface area contributed by atoms with Gasteiger partial charge in [-0.2, -0.15) is 0 Å². The maximum atomic E-state index is 9.69. The molecule has 0 aromatic heterocycles. The van der Waals surface area contributed by atoms with E-state index in [1.807, 2.05) is 0 Å². The van der Waals surface area contributed by atoms with E-state index in [1.54, 1.807) is 6.92 Å². The molecule has 1 rings (SSSR count). The molecule has 2 heteroatoms. The number of aliphatic hydroxyl groups excluding tert-OH is 1. The first-order valence-corrected chi connectivity index (χ1v) is 3.64. The summed E-state index contributed by atoms with van der Waals surface area (Å²) in [6.45, 7) is 5.41. The average Bonchev–Trinajstić information content (AvgIpc) is 2.15. The molecular weight excluding hydrogens is 128 g/mol. The molecule has 0 aromatic carbocycles. The second-order valence-corrected chi connectivity index (χ2v) is 3.11. The summed E-state index contributed by atoms with van der Waals surface area (Å²) in [5.41, 5.74) is -0.308. The van der Waals surface area contributed by atoms with Crippen LogP contribution in [-0.4, -0.2) is 21.9 Å². The molecule has 2 N–H and O–H groups in total. The first-order chi connectivity index (χ1) is 4.57. The number of hydrogen-bond donors (Lipinski definition) is 2. The summed E-state index contributed by atoms with van der Waals surface area (Å²) >= 11 is 0. The molecule has 0 bridgehead atoms. The number of hydrogen-bond acceptors (Lipinski definition) is 2. The minimum absolute atomic E-state index is 0.593. The molecule has 10 heavy (non-hydrogen) atoms. The molecule has 1 aliphatic carbocycles. The predicted molar refractivity (Wildman–Crippen MR) is 39.6 cm³/mol. The van der Waals surface area contributed by atoms with Crippen molar-refractivity contribution in [3.05, 3.63) is 12.2 Å². The fourth-order valence-electron chi connectivity index (χ4n) is 1.47. The Morgan fingerprint density at radius 2 is 2.30 bits per heavy atom. The quantitative estimate of drug-likeness (QED) is 0.532. The fourth-order valence-corrected chi connectivity index (χ4v) is 1.47. The van der Waals surface area contributed by atoms with Crippen molar-refractivity contribution >= 4 is 0 Å². The lowest BCUT2D eigenvalue weighted by atomic mass is 9.92. The van der Waals surface area contributed by atoms with Gasteiger partial charge in [-0.05, 0) is 31.8 Å². The van der Waals surface area contributed by atoms with E-state index in [2.05, 4.69) is 6.58 Å². The van der Waals surface area contributed by atoms with Crippen LogP contribution in [-0.2, 0) is 0 Å². The van der Waals surface area contributed by atoms with Gasteiger partial charge >= 0.3 is 0 Å². The van der Waals surface area contributed by atoms with Crippen molar-refractivity contribution in [1.29, 1.82) is 0 Å². The lowest BCUT2D eigenvalue weighted by molar-refractivity contribution is -0.0240. The third-order valence-electron chi connectivity index (χ3n) is 2.33. The van der Waals surface area contributed by atoms with E-state index in [-0.39, 0.29) is 0 Å². The van der Waals surface area contributed by atoms with Crippen molar-refractivity contribution in [1.82, 2.24) is 0 Å². The zero-order valence-electron chi connectivity index (χ0n) is 6.30. The van der Waals surface area contributed by atoms with E-state index < -0.39 is 11.7 Å². The average molecular weight is 142 g/mol. The summed E-state index contributed by atoms with van der Waals surface area (Å²) in [5, 5.41) is 19.0. The lowest BCUT2D eigenvalue weighted by Gasteiger charge is -2.26. The molecular formula is C8H14O2. The standard InChI is InChI=1S/C8H14O2/c1-6(2)8(10)5-3-4-7(8)9/h7,9-10H,1,3-5H2,2H3. The summed E-state index contributed by atoms with van der Waals surface area (Å²) in [5.74, 6) is 0. The molecule has 1 saturated carbocycles. The molecule has 2 unspecified atom stereocenters. The molecule has 1 fully saturated rings. The van der Waals surface area contributed by atoms with Crippen LogP contribution in [0.3, 0.4) is 0 Å². The minimum Gasteiger partial charge on any atom is -0.390 e. The second-order valence-electron chi connectivity index (χ2n) is 3.11. The smallest absolute Gasteiger partial charge is 0.111 e. The van der Waals surface area contributed by atoms with Crippen LogP contribution in [0.25, 0.3) is 0 Å². The van der Waals surface area contributed by atoms with Crippen molar-refractivity contribution < 1.29 is 10.2 Å². The molecule has 0 aromatic rings. The summed E-state index contributed by atoms with van der Waals surface area (Å²) in [6.07, 6.45) is 1.65. The van der Waals surface area contributed by atoms with Gasteiger partial charge in [0, 0.05) is 0 Å². The molecule has 2 nitrogen and oxygen atoms in total. The minimum atomic E-state index is -0.986. The Balaban J connectivity index is 2.75. The van der Waals surface area contributed by atoms with Crippen molar-refractivity contribution in [2.75, 3.05) is 0 Å². The van der Waals surface area contributed by atoms with Crippen LogP contribution >= 0.6 is 0 Å². The molecule has 0 heterocycles. The molecule has 0 aliphatic heterocycles. The van der Waals surface area contributed by atoms with Gasteiger partial charge in [0.25, 0.3) is 0 Å². The van der Waals surface area contributed by atoms with Gasteiger partial charge in [-0.3, -0.25) is 0 Å². The van der Waals surface area contributed by atoms with Crippen LogP contribution in [0.5, 0.6) is 0 Å². The molecule has 1 aliphatic rings. The number of aliphatic hydroxyl groups is 2. The van der Waals surface area contributed by atoms with Crippen LogP contribution in [0.4, 0.5) is 0 Å². The van der Waals surface area contributed by atoms with Gasteiger partial charge in [0.05, 0.1) is 6.10 Å². The van der Waals surface area contributed by atoms with Gasteiger partial charge in [0.2, 0.25) is 0 Å². The highest BCUT2D eigenvalue weighted by molar-refractivity contribution is 5.15. The molecule has 0 radical (unpaired) electrons. The second kappa shape index (κ2) is 2.36. The number of rotatable bonds is 1. The molecule has 2 atom stereocenters. The van der Waals surface area contributed by atoms with Crippen LogP contribution in [0.1, 0.15) is 26.2 Å². The van der Waals surface area contributed by atoms with E-state index in [0.717, 1.165) is 6.42 Å². The highest BCUT2D eigenvalue weighted by Crippen LogP contribution is 2.34. The Morgan fingerprint density at radius 1 is 1.70 bits per heavy atom. The highest BCUT2D eigenvalue weighted by atomic mass is 16.3. The molecule has 58 valence electrons. The summed E-state index contributed by atoms with van der Waals surface area (Å²) in [7, 11) is 0. The van der Waals surface area contributed by atoms with Crippen molar-refractivity contribution in [2.45, 2.75) is 37.9 Å². The van der Waals surface area contributed by atoms with Gasteiger partial charge in [-0.15, -0.1) is 0 Å². The topological polar surface area (TPSA) is 40.5 Å². The molecule has 0 amide bonds. The monoisotopic (exact) mass is 142 g/mol. The third kappa shape index (κ3) is 0.976. The van der Waals surface area contributed by atoms with Crippen LogP contribution in [0.15, 0.2) is 12.2 Å². The van der Waals surface area contributed by atoms with Crippen molar-refractivity contribution in [3.8, 4) is 0 Å².